The molecule has 0 amide bonds. The molecule has 7 nitrogen and oxygen atoms in total. The van der Waals surface area contributed by atoms with Crippen molar-refractivity contribution >= 4 is 5.78 Å². The maximum absolute atomic E-state index is 12.9. The molecule has 1 heterocycles. The van der Waals surface area contributed by atoms with Gasteiger partial charge in [0, 0.05) is 11.6 Å². The zero-order valence-corrected chi connectivity index (χ0v) is 20.0. The molecule has 182 valence electrons. The van der Waals surface area contributed by atoms with Crippen molar-refractivity contribution in [2.24, 2.45) is 0 Å². The number of ketones is 1. The number of fused-ring (bicyclic) bond motifs is 1. The van der Waals surface area contributed by atoms with Crippen molar-refractivity contribution in [1.29, 1.82) is 0 Å². The number of phenols is 3. The van der Waals surface area contributed by atoms with Crippen LogP contribution in [0.4, 0.5) is 0 Å². The lowest BCUT2D eigenvalue weighted by molar-refractivity contribution is 0.0844. The molecule has 34 heavy (non-hydrogen) atoms. The minimum atomic E-state index is -0.858. The standard InChI is InChI=1S/C27H32O7/c1-16(8-6-12-27(2,3)32)7-5-9-18-20(29)14-24-25(26(18)31)21(30)15-22(34-24)17-10-11-19(28)23(13-17)33-4/h6-7,10-14,22,28-29,31-32H,5,8-9,15H2,1-4H3/t22-/m0/s1. The second-order valence-corrected chi connectivity index (χ2v) is 9.11. The summed E-state index contributed by atoms with van der Waals surface area (Å²) in [4.78, 5) is 12.9. The lowest BCUT2D eigenvalue weighted by Gasteiger charge is -2.27. The highest BCUT2D eigenvalue weighted by Crippen LogP contribution is 2.45. The third-order valence-electron chi connectivity index (χ3n) is 5.69. The van der Waals surface area contributed by atoms with Gasteiger partial charge in [-0.2, -0.15) is 0 Å². The van der Waals surface area contributed by atoms with E-state index in [1.54, 1.807) is 32.1 Å². The van der Waals surface area contributed by atoms with Crippen molar-refractivity contribution in [2.75, 3.05) is 7.11 Å². The number of Topliss-reactive ketones (excluding diaryl/α,β-unsaturated/α-hetero) is 1. The molecular formula is C27H32O7. The summed E-state index contributed by atoms with van der Waals surface area (Å²) in [5.41, 5.74) is 1.24. The van der Waals surface area contributed by atoms with E-state index in [1.165, 1.54) is 19.2 Å². The molecule has 1 aliphatic heterocycles. The van der Waals surface area contributed by atoms with Gasteiger partial charge in [-0.1, -0.05) is 29.9 Å². The SMILES string of the molecule is COc1cc([C@@H]2CC(=O)c3c(cc(O)c(CCC=C(C)CC=CC(C)(C)O)c3O)O2)ccc1O. The van der Waals surface area contributed by atoms with Crippen LogP contribution in [0.15, 0.2) is 48.1 Å². The number of phenolic OH excluding ortho intramolecular Hbond substituents is 3. The van der Waals surface area contributed by atoms with Gasteiger partial charge in [0.25, 0.3) is 0 Å². The summed E-state index contributed by atoms with van der Waals surface area (Å²) < 4.78 is 11.1. The van der Waals surface area contributed by atoms with Gasteiger partial charge in [0.15, 0.2) is 17.3 Å². The maximum atomic E-state index is 12.9. The molecule has 0 fully saturated rings. The maximum Gasteiger partial charge on any atom is 0.174 e. The van der Waals surface area contributed by atoms with E-state index >= 15 is 0 Å². The van der Waals surface area contributed by atoms with Crippen molar-refractivity contribution < 1.29 is 34.7 Å². The molecular weight excluding hydrogens is 436 g/mol. The molecule has 7 heteroatoms. The van der Waals surface area contributed by atoms with Crippen LogP contribution in [0, 0.1) is 0 Å². The Morgan fingerprint density at radius 1 is 1.21 bits per heavy atom. The summed E-state index contributed by atoms with van der Waals surface area (Å²) in [6.07, 6.45) is 6.60. The third kappa shape index (κ3) is 5.91. The van der Waals surface area contributed by atoms with Gasteiger partial charge in [-0.05, 0) is 57.7 Å². The number of ether oxygens (including phenoxy) is 2. The van der Waals surface area contributed by atoms with Crippen LogP contribution in [0.25, 0.3) is 0 Å². The Hall–Kier alpha value is -3.45. The smallest absolute Gasteiger partial charge is 0.174 e. The zero-order chi connectivity index (χ0) is 25.0. The van der Waals surface area contributed by atoms with Gasteiger partial charge in [-0.25, -0.2) is 0 Å². The number of methoxy groups -OCH3 is 1. The Balaban J connectivity index is 1.76. The largest absolute Gasteiger partial charge is 0.507 e. The van der Waals surface area contributed by atoms with Crippen molar-refractivity contribution in [3.8, 4) is 28.7 Å². The van der Waals surface area contributed by atoms with E-state index in [4.69, 9.17) is 9.47 Å². The van der Waals surface area contributed by atoms with Gasteiger partial charge < -0.3 is 29.9 Å². The van der Waals surface area contributed by atoms with Crippen LogP contribution in [0.2, 0.25) is 0 Å². The highest BCUT2D eigenvalue weighted by atomic mass is 16.5. The molecule has 0 saturated carbocycles. The summed E-state index contributed by atoms with van der Waals surface area (Å²) in [5, 5.41) is 40.9. The van der Waals surface area contributed by atoms with Crippen molar-refractivity contribution in [3.63, 3.8) is 0 Å². The van der Waals surface area contributed by atoms with Crippen molar-refractivity contribution in [1.82, 2.24) is 0 Å². The lowest BCUT2D eigenvalue weighted by Crippen LogP contribution is -2.21. The molecule has 1 aliphatic rings. The summed E-state index contributed by atoms with van der Waals surface area (Å²) in [6.45, 7) is 5.38. The van der Waals surface area contributed by atoms with Gasteiger partial charge in [0.05, 0.1) is 19.1 Å². The van der Waals surface area contributed by atoms with Crippen LogP contribution in [0.3, 0.4) is 0 Å². The first kappa shape index (κ1) is 25.2. The molecule has 0 radical (unpaired) electrons. The van der Waals surface area contributed by atoms with E-state index in [-0.39, 0.29) is 46.5 Å². The van der Waals surface area contributed by atoms with Gasteiger partial charge in [-0.15, -0.1) is 0 Å². The minimum Gasteiger partial charge on any atom is -0.507 e. The second kappa shape index (κ2) is 10.2. The number of aliphatic hydroxyl groups is 1. The first-order valence-electron chi connectivity index (χ1n) is 11.2. The monoisotopic (exact) mass is 468 g/mol. The normalized spacial score (nSPS) is 16.4. The predicted molar refractivity (Wildman–Crippen MR) is 129 cm³/mol. The number of rotatable bonds is 8. The van der Waals surface area contributed by atoms with E-state index in [9.17, 15) is 25.2 Å². The summed E-state index contributed by atoms with van der Waals surface area (Å²) >= 11 is 0. The molecule has 0 spiro atoms. The third-order valence-corrected chi connectivity index (χ3v) is 5.69. The highest BCUT2D eigenvalue weighted by Gasteiger charge is 2.33. The van der Waals surface area contributed by atoms with E-state index in [1.807, 2.05) is 19.1 Å². The highest BCUT2D eigenvalue weighted by molar-refractivity contribution is 6.03. The number of aromatic hydroxyl groups is 3. The van der Waals surface area contributed by atoms with Crippen LogP contribution < -0.4 is 9.47 Å². The number of benzene rings is 2. The summed E-state index contributed by atoms with van der Waals surface area (Å²) in [7, 11) is 1.43. The summed E-state index contributed by atoms with van der Waals surface area (Å²) in [5.74, 6) is -0.322. The van der Waals surface area contributed by atoms with E-state index in [0.29, 0.717) is 30.4 Å². The van der Waals surface area contributed by atoms with E-state index < -0.39 is 11.7 Å². The molecule has 2 aromatic rings. The summed E-state index contributed by atoms with van der Waals surface area (Å²) in [6, 6.07) is 6.07. The molecule has 2 aromatic carbocycles. The molecule has 4 N–H and O–H groups in total. The molecule has 3 rings (SSSR count). The fourth-order valence-corrected chi connectivity index (χ4v) is 3.91. The number of carbonyl (C=O) groups is 1. The molecule has 0 aromatic heterocycles. The van der Waals surface area contributed by atoms with E-state index in [0.717, 1.165) is 5.57 Å². The van der Waals surface area contributed by atoms with Crippen LogP contribution in [0.5, 0.6) is 28.7 Å². The van der Waals surface area contributed by atoms with Gasteiger partial charge >= 0.3 is 0 Å². The fraction of sp³-hybridized carbons (Fsp3) is 0.370. The lowest BCUT2D eigenvalue weighted by atomic mass is 9.92. The predicted octanol–water partition coefficient (Wildman–Crippen LogP) is 5.11. The van der Waals surface area contributed by atoms with E-state index in [2.05, 4.69) is 0 Å². The van der Waals surface area contributed by atoms with Crippen molar-refractivity contribution in [2.45, 2.75) is 58.2 Å². The number of allylic oxidation sites excluding steroid dienone is 3. The van der Waals surface area contributed by atoms with Gasteiger partial charge in [-0.3, -0.25) is 4.79 Å². The first-order valence-corrected chi connectivity index (χ1v) is 11.2. The number of hydrogen-bond donors (Lipinski definition) is 4. The Bertz CT molecular complexity index is 1120. The molecule has 0 saturated heterocycles. The van der Waals surface area contributed by atoms with Crippen LogP contribution in [-0.4, -0.2) is 38.9 Å². The fourth-order valence-electron chi connectivity index (χ4n) is 3.91. The Labute approximate surface area is 199 Å². The van der Waals surface area contributed by atoms with Gasteiger partial charge in [0.2, 0.25) is 0 Å². The second-order valence-electron chi connectivity index (χ2n) is 9.11. The van der Waals surface area contributed by atoms with Crippen molar-refractivity contribution in [3.05, 3.63) is 64.8 Å². The number of hydrogen-bond acceptors (Lipinski definition) is 7. The molecule has 1 atom stereocenters. The first-order chi connectivity index (χ1) is 16.0. The average molecular weight is 469 g/mol. The van der Waals surface area contributed by atoms with Crippen LogP contribution >= 0.6 is 0 Å². The molecule has 0 aliphatic carbocycles. The van der Waals surface area contributed by atoms with Crippen LogP contribution in [-0.2, 0) is 6.42 Å². The average Bonchev–Trinajstić information content (AvgIpc) is 2.74. The molecule has 0 unspecified atom stereocenters. The van der Waals surface area contributed by atoms with Crippen LogP contribution in [0.1, 0.15) is 67.6 Å². The quantitative estimate of drug-likeness (QED) is 0.398. The van der Waals surface area contributed by atoms with Gasteiger partial charge in [0.1, 0.15) is 28.9 Å². The Kier molecular flexibility index (Phi) is 7.57. The topological polar surface area (TPSA) is 116 Å². The number of carbonyl (C=O) groups excluding carboxylic acids is 1. The molecule has 0 bridgehead atoms. The zero-order valence-electron chi connectivity index (χ0n) is 20.0. The minimum absolute atomic E-state index is 0.00521. The Morgan fingerprint density at radius 3 is 2.62 bits per heavy atom. The Morgan fingerprint density at radius 2 is 1.94 bits per heavy atom.